The molecule has 0 aromatic heterocycles. The summed E-state index contributed by atoms with van der Waals surface area (Å²) in [6, 6.07) is -3.69. The molecular formula is C15H28N4O7S. The number of amides is 3. The first-order valence-corrected chi connectivity index (χ1v) is 9.61. The van der Waals surface area contributed by atoms with Crippen molar-refractivity contribution in [2.75, 3.05) is 18.6 Å². The molecule has 156 valence electrons. The number of aliphatic carboxylic acids is 1. The van der Waals surface area contributed by atoms with E-state index in [-0.39, 0.29) is 6.42 Å². The Bertz CT molecular complexity index is 530. The van der Waals surface area contributed by atoms with Gasteiger partial charge in [-0.25, -0.2) is 0 Å². The van der Waals surface area contributed by atoms with Crippen LogP contribution in [0.15, 0.2) is 0 Å². The van der Waals surface area contributed by atoms with E-state index in [0.717, 1.165) is 0 Å². The summed E-state index contributed by atoms with van der Waals surface area (Å²) < 4.78 is 0. The molecule has 0 heterocycles. The van der Waals surface area contributed by atoms with Crippen LogP contribution >= 0.6 is 11.8 Å². The molecule has 0 radical (unpaired) electrons. The number of aliphatic hydroxyl groups excluding tert-OH is 2. The van der Waals surface area contributed by atoms with E-state index in [1.807, 2.05) is 0 Å². The van der Waals surface area contributed by atoms with Crippen molar-refractivity contribution in [1.82, 2.24) is 16.0 Å². The number of aliphatic hydroxyl groups is 2. The molecule has 0 saturated carbocycles. The minimum absolute atomic E-state index is 0.217. The Labute approximate surface area is 161 Å². The first kappa shape index (κ1) is 25.1. The van der Waals surface area contributed by atoms with E-state index < -0.39 is 60.6 Å². The molecule has 0 aliphatic carbocycles. The zero-order valence-electron chi connectivity index (χ0n) is 15.5. The highest BCUT2D eigenvalue weighted by molar-refractivity contribution is 7.98. The first-order chi connectivity index (χ1) is 12.5. The van der Waals surface area contributed by atoms with Gasteiger partial charge in [0.1, 0.15) is 24.7 Å². The van der Waals surface area contributed by atoms with E-state index in [1.54, 1.807) is 6.26 Å². The minimum Gasteiger partial charge on any atom is -0.480 e. The number of carboxylic acid groups (broad SMARTS) is 1. The zero-order valence-corrected chi connectivity index (χ0v) is 16.3. The van der Waals surface area contributed by atoms with Crippen LogP contribution in [0.25, 0.3) is 0 Å². The standard InChI is InChI=1S/C15H28N4O7S/c1-7(20)11(16)14(25)18-9(4-5-27-3)13(24)19-12(8(2)21)15(26)17-6-10(22)23/h7-9,11-12,20-21H,4-6,16H2,1-3H3,(H,17,26)(H,18,25)(H,19,24)(H,22,23). The highest BCUT2D eigenvalue weighted by atomic mass is 32.2. The van der Waals surface area contributed by atoms with Gasteiger partial charge >= 0.3 is 5.97 Å². The third-order valence-electron chi connectivity index (χ3n) is 3.54. The van der Waals surface area contributed by atoms with Crippen LogP contribution in [0.1, 0.15) is 20.3 Å². The molecule has 0 aromatic carbocycles. The van der Waals surface area contributed by atoms with Crippen LogP contribution in [0.3, 0.4) is 0 Å². The molecule has 5 atom stereocenters. The molecule has 5 unspecified atom stereocenters. The molecule has 3 amide bonds. The number of nitrogens with one attached hydrogen (secondary N) is 3. The molecule has 0 aliphatic heterocycles. The summed E-state index contributed by atoms with van der Waals surface area (Å²) in [4.78, 5) is 47.0. The van der Waals surface area contributed by atoms with E-state index in [9.17, 15) is 29.4 Å². The average molecular weight is 408 g/mol. The SMILES string of the molecule is CSCCC(NC(=O)C(N)C(C)O)C(=O)NC(C(=O)NCC(=O)O)C(C)O. The quantitative estimate of drug-likeness (QED) is 0.176. The Kier molecular flexibility index (Phi) is 11.6. The third-order valence-corrected chi connectivity index (χ3v) is 4.19. The van der Waals surface area contributed by atoms with Gasteiger partial charge in [-0.1, -0.05) is 0 Å². The largest absolute Gasteiger partial charge is 0.480 e. The Morgan fingerprint density at radius 1 is 1.00 bits per heavy atom. The van der Waals surface area contributed by atoms with E-state index in [2.05, 4.69) is 16.0 Å². The summed E-state index contributed by atoms with van der Waals surface area (Å²) in [5.41, 5.74) is 5.54. The van der Waals surface area contributed by atoms with Crippen LogP contribution in [0.5, 0.6) is 0 Å². The lowest BCUT2D eigenvalue weighted by molar-refractivity contribution is -0.139. The normalized spacial score (nSPS) is 16.4. The summed E-state index contributed by atoms with van der Waals surface area (Å²) in [7, 11) is 0. The third kappa shape index (κ3) is 9.56. The Hall–Kier alpha value is -1.89. The Balaban J connectivity index is 5.13. The lowest BCUT2D eigenvalue weighted by Gasteiger charge is -2.25. The van der Waals surface area contributed by atoms with Gasteiger partial charge in [0.15, 0.2) is 0 Å². The van der Waals surface area contributed by atoms with Gasteiger partial charge in [-0.15, -0.1) is 0 Å². The fraction of sp³-hybridized carbons (Fsp3) is 0.733. The highest BCUT2D eigenvalue weighted by Crippen LogP contribution is 2.04. The van der Waals surface area contributed by atoms with Gasteiger partial charge in [0, 0.05) is 0 Å². The summed E-state index contributed by atoms with van der Waals surface area (Å²) >= 11 is 1.43. The van der Waals surface area contributed by atoms with Gasteiger partial charge < -0.3 is 37.0 Å². The van der Waals surface area contributed by atoms with Crippen LogP contribution < -0.4 is 21.7 Å². The number of nitrogens with two attached hydrogens (primary N) is 1. The fourth-order valence-electron chi connectivity index (χ4n) is 1.92. The van der Waals surface area contributed by atoms with Crippen molar-refractivity contribution in [3.05, 3.63) is 0 Å². The predicted molar refractivity (Wildman–Crippen MR) is 98.8 cm³/mol. The number of rotatable bonds is 12. The van der Waals surface area contributed by atoms with Crippen LogP contribution in [0, 0.1) is 0 Å². The molecule has 0 spiro atoms. The lowest BCUT2D eigenvalue weighted by Crippen LogP contribution is -2.59. The predicted octanol–water partition coefficient (Wildman–Crippen LogP) is -3.00. The molecule has 27 heavy (non-hydrogen) atoms. The number of carbonyl (C=O) groups excluding carboxylic acids is 3. The van der Waals surface area contributed by atoms with Crippen LogP contribution in [0.2, 0.25) is 0 Å². The van der Waals surface area contributed by atoms with Gasteiger partial charge in [0.2, 0.25) is 17.7 Å². The van der Waals surface area contributed by atoms with Gasteiger partial charge in [-0.05, 0) is 32.3 Å². The summed E-state index contributed by atoms with van der Waals surface area (Å²) in [6.07, 6.45) is -0.411. The lowest BCUT2D eigenvalue weighted by atomic mass is 10.1. The van der Waals surface area contributed by atoms with Gasteiger partial charge in [-0.2, -0.15) is 11.8 Å². The van der Waals surface area contributed by atoms with Crippen molar-refractivity contribution in [2.45, 2.75) is 50.6 Å². The summed E-state index contributed by atoms with van der Waals surface area (Å²) in [5, 5.41) is 34.5. The number of hydrogen-bond acceptors (Lipinski definition) is 8. The molecule has 0 fully saturated rings. The van der Waals surface area contributed by atoms with Crippen LogP contribution in [-0.2, 0) is 19.2 Å². The molecular weight excluding hydrogens is 380 g/mol. The van der Waals surface area contributed by atoms with Crippen molar-refractivity contribution in [3.63, 3.8) is 0 Å². The topological polar surface area (TPSA) is 191 Å². The number of hydrogen-bond donors (Lipinski definition) is 7. The molecule has 0 saturated heterocycles. The van der Waals surface area contributed by atoms with Crippen LogP contribution in [-0.4, -0.2) is 87.9 Å². The van der Waals surface area contributed by atoms with E-state index in [0.29, 0.717) is 5.75 Å². The highest BCUT2D eigenvalue weighted by Gasteiger charge is 2.31. The van der Waals surface area contributed by atoms with E-state index in [1.165, 1.54) is 25.6 Å². The maximum absolute atomic E-state index is 12.5. The van der Waals surface area contributed by atoms with Gasteiger partial charge in [-0.3, -0.25) is 19.2 Å². The summed E-state index contributed by atoms with van der Waals surface area (Å²) in [5.74, 6) is -3.14. The molecule has 0 aromatic rings. The zero-order chi connectivity index (χ0) is 21.1. The minimum atomic E-state index is -1.41. The van der Waals surface area contributed by atoms with Gasteiger partial charge in [0.05, 0.1) is 12.2 Å². The Morgan fingerprint density at radius 2 is 1.59 bits per heavy atom. The smallest absolute Gasteiger partial charge is 0.322 e. The van der Waals surface area contributed by atoms with E-state index >= 15 is 0 Å². The molecule has 12 heteroatoms. The molecule has 8 N–H and O–H groups in total. The molecule has 0 aliphatic rings. The molecule has 11 nitrogen and oxygen atoms in total. The van der Waals surface area contributed by atoms with E-state index in [4.69, 9.17) is 10.8 Å². The maximum Gasteiger partial charge on any atom is 0.322 e. The second-order valence-electron chi connectivity index (χ2n) is 5.95. The van der Waals surface area contributed by atoms with Gasteiger partial charge in [0.25, 0.3) is 0 Å². The maximum atomic E-state index is 12.5. The second kappa shape index (κ2) is 12.5. The number of carboxylic acids is 1. The number of carbonyl (C=O) groups is 4. The second-order valence-corrected chi connectivity index (χ2v) is 6.93. The number of thioether (sulfide) groups is 1. The van der Waals surface area contributed by atoms with Crippen molar-refractivity contribution in [2.24, 2.45) is 5.73 Å². The van der Waals surface area contributed by atoms with Crippen molar-refractivity contribution in [3.8, 4) is 0 Å². The summed E-state index contributed by atoms with van der Waals surface area (Å²) in [6.45, 7) is 1.91. The fourth-order valence-corrected chi connectivity index (χ4v) is 2.39. The monoisotopic (exact) mass is 408 g/mol. The molecule has 0 bridgehead atoms. The van der Waals surface area contributed by atoms with Crippen molar-refractivity contribution < 1.29 is 34.5 Å². The van der Waals surface area contributed by atoms with Crippen molar-refractivity contribution in [1.29, 1.82) is 0 Å². The first-order valence-electron chi connectivity index (χ1n) is 8.22. The van der Waals surface area contributed by atoms with Crippen molar-refractivity contribution >= 4 is 35.5 Å². The van der Waals surface area contributed by atoms with Crippen LogP contribution in [0.4, 0.5) is 0 Å². The average Bonchev–Trinajstić information content (AvgIpc) is 2.59. The Morgan fingerprint density at radius 3 is 2.04 bits per heavy atom. The molecule has 0 rings (SSSR count).